The first-order chi connectivity index (χ1) is 15.8. The highest BCUT2D eigenvalue weighted by Gasteiger charge is 2.24. The number of benzene rings is 2. The molecule has 2 aromatic carbocycles. The Labute approximate surface area is 211 Å². The largest absolute Gasteiger partial charge is 0.493 e. The Balaban J connectivity index is 0.00000408. The van der Waals surface area contributed by atoms with E-state index in [1.54, 1.807) is 14.2 Å². The third-order valence-corrected chi connectivity index (χ3v) is 7.47. The monoisotopic (exact) mass is 488 g/mol. The number of rotatable bonds is 9. The maximum atomic E-state index is 13.0. The van der Waals surface area contributed by atoms with Gasteiger partial charge in [-0.2, -0.15) is 0 Å². The summed E-state index contributed by atoms with van der Waals surface area (Å²) < 4.78 is 10.7. The first kappa shape index (κ1) is 28.0. The zero-order valence-electron chi connectivity index (χ0n) is 21.9. The number of carbonyl (C=O) groups excluding carboxylic acids is 1. The van der Waals surface area contributed by atoms with Crippen LogP contribution in [-0.4, -0.2) is 63.2 Å². The number of likely N-dealkylation sites (N-methyl/N-ethyl adjacent to an activating group) is 1. The minimum absolute atomic E-state index is 0. The Hall–Kier alpha value is -2.24. The van der Waals surface area contributed by atoms with Gasteiger partial charge in [0.05, 0.1) is 20.6 Å². The smallest absolute Gasteiger partial charge is 0.227 e. The van der Waals surface area contributed by atoms with Gasteiger partial charge in [0.1, 0.15) is 0 Å². The summed E-state index contributed by atoms with van der Waals surface area (Å²) in [4.78, 5) is 17.4. The second-order valence-electron chi connectivity index (χ2n) is 9.36. The van der Waals surface area contributed by atoms with Crippen molar-refractivity contribution in [2.45, 2.75) is 53.4 Å². The molecule has 1 aliphatic heterocycles. The summed E-state index contributed by atoms with van der Waals surface area (Å²) in [7, 11) is 5.48. The van der Waals surface area contributed by atoms with Gasteiger partial charge in [-0.05, 0) is 112 Å². The van der Waals surface area contributed by atoms with Crippen LogP contribution in [0.5, 0.6) is 11.5 Å². The van der Waals surface area contributed by atoms with E-state index in [9.17, 15) is 4.79 Å². The third-order valence-electron chi connectivity index (χ3n) is 7.47. The highest BCUT2D eigenvalue weighted by atomic mass is 35.5. The fourth-order valence-corrected chi connectivity index (χ4v) is 4.92. The fraction of sp³-hybridized carbons (Fsp3) is 0.536. The number of hydrogen-bond donors (Lipinski definition) is 0. The summed E-state index contributed by atoms with van der Waals surface area (Å²) in [6.07, 6.45) is 3.44. The minimum Gasteiger partial charge on any atom is -0.493 e. The molecule has 0 bridgehead atoms. The van der Waals surface area contributed by atoms with Crippen LogP contribution >= 0.6 is 12.4 Å². The zero-order valence-corrected chi connectivity index (χ0v) is 22.7. The van der Waals surface area contributed by atoms with Gasteiger partial charge in [0, 0.05) is 19.6 Å². The molecule has 0 aliphatic carbocycles. The second kappa shape index (κ2) is 12.5. The molecule has 0 radical (unpaired) electrons. The quantitative estimate of drug-likeness (QED) is 0.506. The van der Waals surface area contributed by atoms with Gasteiger partial charge in [0.25, 0.3) is 0 Å². The average Bonchev–Trinajstić information content (AvgIpc) is 2.98. The summed E-state index contributed by atoms with van der Waals surface area (Å²) in [6.45, 7) is 12.4. The van der Waals surface area contributed by atoms with E-state index in [0.29, 0.717) is 6.42 Å². The molecule has 0 atom stereocenters. The maximum absolute atomic E-state index is 13.0. The van der Waals surface area contributed by atoms with E-state index in [2.05, 4.69) is 50.6 Å². The molecule has 0 N–H and O–H groups in total. The average molecular weight is 489 g/mol. The number of fused-ring (bicyclic) bond motifs is 1. The lowest BCUT2D eigenvalue weighted by Crippen LogP contribution is -2.35. The lowest BCUT2D eigenvalue weighted by molar-refractivity contribution is -0.130. The molecule has 34 heavy (non-hydrogen) atoms. The minimum atomic E-state index is 0. The van der Waals surface area contributed by atoms with E-state index < -0.39 is 0 Å². The van der Waals surface area contributed by atoms with E-state index >= 15 is 0 Å². The molecule has 1 aliphatic rings. The number of nitrogens with zero attached hydrogens (tertiary/aromatic N) is 2. The molecular weight excluding hydrogens is 448 g/mol. The molecule has 0 fully saturated rings. The number of ether oxygens (including phenoxy) is 2. The molecule has 1 heterocycles. The van der Waals surface area contributed by atoms with Gasteiger partial charge in [0.15, 0.2) is 11.5 Å². The Morgan fingerprint density at radius 1 is 0.912 bits per heavy atom. The normalized spacial score (nSPS) is 13.4. The Bertz CT molecular complexity index is 1010. The molecule has 5 nitrogen and oxygen atoms in total. The standard InChI is InChI=1S/C28H40N2O3.ClH/c1-19-20(2)22(4)25-18-28(31)30(16-12-24(25)21(19)3)14-8-13-29(5)15-11-23-9-10-26(32-6)27(17-23)33-7;/h9-10,17H,8,11-16,18H2,1-7H3;1H. The molecule has 2 aromatic rings. The third kappa shape index (κ3) is 6.25. The van der Waals surface area contributed by atoms with Gasteiger partial charge >= 0.3 is 0 Å². The van der Waals surface area contributed by atoms with E-state index in [0.717, 1.165) is 56.9 Å². The molecule has 188 valence electrons. The van der Waals surface area contributed by atoms with E-state index in [4.69, 9.17) is 9.47 Å². The van der Waals surface area contributed by atoms with Gasteiger partial charge in [-0.1, -0.05) is 6.07 Å². The number of amides is 1. The summed E-state index contributed by atoms with van der Waals surface area (Å²) in [6, 6.07) is 6.10. The molecule has 1 amide bonds. The Morgan fingerprint density at radius 3 is 2.21 bits per heavy atom. The van der Waals surface area contributed by atoms with Crippen molar-refractivity contribution in [3.63, 3.8) is 0 Å². The highest BCUT2D eigenvalue weighted by molar-refractivity contribution is 5.85. The predicted molar refractivity (Wildman–Crippen MR) is 142 cm³/mol. The molecule has 6 heteroatoms. The predicted octanol–water partition coefficient (Wildman–Crippen LogP) is 4.85. The van der Waals surface area contributed by atoms with Crippen LogP contribution in [-0.2, 0) is 24.1 Å². The van der Waals surface area contributed by atoms with Crippen molar-refractivity contribution in [1.82, 2.24) is 9.80 Å². The first-order valence-electron chi connectivity index (χ1n) is 12.0. The number of halogens is 1. The van der Waals surface area contributed by atoms with Crippen LogP contribution in [0.1, 0.15) is 45.4 Å². The van der Waals surface area contributed by atoms with Crippen molar-refractivity contribution >= 4 is 18.3 Å². The van der Waals surface area contributed by atoms with Gasteiger partial charge < -0.3 is 19.3 Å². The van der Waals surface area contributed by atoms with E-state index in [1.807, 2.05) is 12.1 Å². The summed E-state index contributed by atoms with van der Waals surface area (Å²) in [5.74, 6) is 1.80. The van der Waals surface area contributed by atoms with Crippen molar-refractivity contribution in [2.75, 3.05) is 47.4 Å². The van der Waals surface area contributed by atoms with Crippen LogP contribution in [0.25, 0.3) is 0 Å². The van der Waals surface area contributed by atoms with Crippen LogP contribution < -0.4 is 9.47 Å². The number of hydrogen-bond acceptors (Lipinski definition) is 4. The van der Waals surface area contributed by atoms with E-state index in [-0.39, 0.29) is 18.3 Å². The molecule has 0 saturated heterocycles. The lowest BCUT2D eigenvalue weighted by Gasteiger charge is -2.23. The first-order valence-corrected chi connectivity index (χ1v) is 12.0. The van der Waals surface area contributed by atoms with Crippen LogP contribution in [0.4, 0.5) is 0 Å². The van der Waals surface area contributed by atoms with Gasteiger partial charge in [0.2, 0.25) is 5.91 Å². The Kier molecular flexibility index (Phi) is 10.3. The number of methoxy groups -OCH3 is 2. The van der Waals surface area contributed by atoms with Gasteiger partial charge in [-0.3, -0.25) is 4.79 Å². The maximum Gasteiger partial charge on any atom is 0.227 e. The molecule has 0 aromatic heterocycles. The van der Waals surface area contributed by atoms with Crippen molar-refractivity contribution in [3.8, 4) is 11.5 Å². The number of carbonyl (C=O) groups is 1. The summed E-state index contributed by atoms with van der Waals surface area (Å²) in [5.41, 5.74) is 9.30. The van der Waals surface area contributed by atoms with Crippen molar-refractivity contribution in [2.24, 2.45) is 0 Å². The van der Waals surface area contributed by atoms with Gasteiger partial charge in [-0.25, -0.2) is 0 Å². The SMILES string of the molecule is COc1ccc(CCN(C)CCCN2CCc3c(C)c(C)c(C)c(C)c3CC2=O)cc1OC.Cl. The fourth-order valence-electron chi connectivity index (χ4n) is 4.92. The van der Waals surface area contributed by atoms with Gasteiger partial charge in [-0.15, -0.1) is 12.4 Å². The Morgan fingerprint density at radius 2 is 1.56 bits per heavy atom. The van der Waals surface area contributed by atoms with Crippen molar-refractivity contribution in [3.05, 3.63) is 57.1 Å². The zero-order chi connectivity index (χ0) is 24.1. The summed E-state index contributed by atoms with van der Waals surface area (Å²) in [5, 5.41) is 0. The molecule has 0 unspecified atom stereocenters. The lowest BCUT2D eigenvalue weighted by atomic mass is 9.87. The second-order valence-corrected chi connectivity index (χ2v) is 9.36. The van der Waals surface area contributed by atoms with Crippen molar-refractivity contribution in [1.29, 1.82) is 0 Å². The molecule has 0 spiro atoms. The van der Waals surface area contributed by atoms with Crippen LogP contribution in [0.3, 0.4) is 0 Å². The van der Waals surface area contributed by atoms with Crippen LogP contribution in [0, 0.1) is 27.7 Å². The van der Waals surface area contributed by atoms with Crippen LogP contribution in [0.15, 0.2) is 18.2 Å². The van der Waals surface area contributed by atoms with E-state index in [1.165, 1.54) is 38.9 Å². The highest BCUT2D eigenvalue weighted by Crippen LogP contribution is 2.30. The molecular formula is C28H41ClN2O3. The molecule has 3 rings (SSSR count). The van der Waals surface area contributed by atoms with Crippen molar-refractivity contribution < 1.29 is 14.3 Å². The molecule has 0 saturated carbocycles. The topological polar surface area (TPSA) is 42.0 Å². The van der Waals surface area contributed by atoms with Crippen LogP contribution in [0.2, 0.25) is 0 Å². The summed E-state index contributed by atoms with van der Waals surface area (Å²) >= 11 is 0.